The summed E-state index contributed by atoms with van der Waals surface area (Å²) in [5, 5.41) is 6.72. The number of para-hydroxylation sites is 1. The third kappa shape index (κ3) is 2.99. The molecule has 2 aliphatic rings. The van der Waals surface area contributed by atoms with Crippen LogP contribution in [-0.4, -0.2) is 37.0 Å². The highest BCUT2D eigenvalue weighted by atomic mass is 16.2. The Morgan fingerprint density at radius 3 is 2.76 bits per heavy atom. The van der Waals surface area contributed by atoms with Gasteiger partial charge in [-0.15, -0.1) is 0 Å². The van der Waals surface area contributed by atoms with Crippen LogP contribution in [0.4, 0.5) is 11.4 Å². The van der Waals surface area contributed by atoms with E-state index in [0.717, 1.165) is 61.9 Å². The van der Waals surface area contributed by atoms with Gasteiger partial charge in [0, 0.05) is 26.2 Å². The molecule has 0 atom stereocenters. The minimum absolute atomic E-state index is 0.179. The number of benzene rings is 1. The van der Waals surface area contributed by atoms with E-state index in [1.165, 1.54) is 12.8 Å². The maximum absolute atomic E-state index is 12.8. The van der Waals surface area contributed by atoms with Crippen molar-refractivity contribution in [2.45, 2.75) is 32.6 Å². The van der Waals surface area contributed by atoms with Crippen LogP contribution in [0.25, 0.3) is 0 Å². The Labute approximate surface area is 126 Å². The summed E-state index contributed by atoms with van der Waals surface area (Å²) in [4.78, 5) is 14.8. The second-order valence-electron chi connectivity index (χ2n) is 6.11. The molecule has 3 rings (SSSR count). The van der Waals surface area contributed by atoms with Crippen molar-refractivity contribution >= 4 is 17.3 Å². The van der Waals surface area contributed by atoms with Crippen LogP contribution >= 0.6 is 0 Å². The molecule has 1 amide bonds. The number of nitrogens with one attached hydrogen (secondary N) is 2. The molecule has 0 unspecified atom stereocenters. The van der Waals surface area contributed by atoms with E-state index in [4.69, 9.17) is 0 Å². The number of hydrogen-bond acceptors (Lipinski definition) is 3. The Morgan fingerprint density at radius 1 is 1.24 bits per heavy atom. The van der Waals surface area contributed by atoms with Gasteiger partial charge in [-0.1, -0.05) is 25.8 Å². The lowest BCUT2D eigenvalue weighted by atomic mass is 9.92. The normalized spacial score (nSPS) is 18.6. The highest BCUT2D eigenvalue weighted by Crippen LogP contribution is 2.30. The third-order valence-corrected chi connectivity index (χ3v) is 4.64. The SMILES string of the molecule is CCCC1CCN(C(=O)c2cccc3c2NCCN3)CC1. The molecule has 1 aromatic carbocycles. The standard InChI is InChI=1S/C17H25N3O/c1-2-4-13-7-11-20(12-8-13)17(21)14-5-3-6-15-16(14)19-10-9-18-15/h3,5-6,13,18-19H,2,4,7-12H2,1H3. The number of fused-ring (bicyclic) bond motifs is 1. The van der Waals surface area contributed by atoms with Gasteiger partial charge in [-0.05, 0) is 30.9 Å². The Morgan fingerprint density at radius 2 is 2.00 bits per heavy atom. The quantitative estimate of drug-likeness (QED) is 0.897. The van der Waals surface area contributed by atoms with E-state index < -0.39 is 0 Å². The van der Waals surface area contributed by atoms with Crippen molar-refractivity contribution in [3.05, 3.63) is 23.8 Å². The van der Waals surface area contributed by atoms with E-state index in [9.17, 15) is 4.79 Å². The molecule has 0 radical (unpaired) electrons. The Kier molecular flexibility index (Phi) is 4.32. The van der Waals surface area contributed by atoms with Gasteiger partial charge in [-0.25, -0.2) is 0 Å². The average Bonchev–Trinajstić information content (AvgIpc) is 2.55. The molecule has 0 bridgehead atoms. The Balaban J connectivity index is 1.72. The van der Waals surface area contributed by atoms with Gasteiger partial charge in [-0.3, -0.25) is 4.79 Å². The summed E-state index contributed by atoms with van der Waals surface area (Å²) in [6.07, 6.45) is 4.86. The van der Waals surface area contributed by atoms with Crippen LogP contribution in [0, 0.1) is 5.92 Å². The highest BCUT2D eigenvalue weighted by molar-refractivity contribution is 6.02. The molecule has 2 heterocycles. The summed E-state index contributed by atoms with van der Waals surface area (Å²) in [5.41, 5.74) is 2.84. The summed E-state index contributed by atoms with van der Waals surface area (Å²) in [6.45, 7) is 5.83. The van der Waals surface area contributed by atoms with Crippen LogP contribution in [0.5, 0.6) is 0 Å². The molecule has 114 valence electrons. The monoisotopic (exact) mass is 287 g/mol. The number of carbonyl (C=O) groups is 1. The molecule has 4 heteroatoms. The van der Waals surface area contributed by atoms with Crippen molar-refractivity contribution in [2.24, 2.45) is 5.92 Å². The first-order chi connectivity index (χ1) is 10.3. The molecule has 4 nitrogen and oxygen atoms in total. The van der Waals surface area contributed by atoms with Gasteiger partial charge < -0.3 is 15.5 Å². The van der Waals surface area contributed by atoms with Crippen molar-refractivity contribution in [3.63, 3.8) is 0 Å². The number of nitrogens with zero attached hydrogens (tertiary/aromatic N) is 1. The molecular formula is C17H25N3O. The van der Waals surface area contributed by atoms with Crippen molar-refractivity contribution < 1.29 is 4.79 Å². The first-order valence-corrected chi connectivity index (χ1v) is 8.19. The number of rotatable bonds is 3. The zero-order valence-corrected chi connectivity index (χ0v) is 12.8. The smallest absolute Gasteiger partial charge is 0.256 e. The van der Waals surface area contributed by atoms with Crippen LogP contribution in [0.15, 0.2) is 18.2 Å². The van der Waals surface area contributed by atoms with Crippen molar-refractivity contribution in [2.75, 3.05) is 36.8 Å². The third-order valence-electron chi connectivity index (χ3n) is 4.64. The molecular weight excluding hydrogens is 262 g/mol. The van der Waals surface area contributed by atoms with Gasteiger partial charge in [-0.2, -0.15) is 0 Å². The molecule has 1 saturated heterocycles. The summed E-state index contributed by atoms with van der Waals surface area (Å²) in [5.74, 6) is 0.988. The molecule has 21 heavy (non-hydrogen) atoms. The second-order valence-corrected chi connectivity index (χ2v) is 6.11. The number of carbonyl (C=O) groups excluding carboxylic acids is 1. The van der Waals surface area contributed by atoms with Crippen molar-refractivity contribution in [3.8, 4) is 0 Å². The lowest BCUT2D eigenvalue weighted by Gasteiger charge is -2.33. The molecule has 1 aromatic rings. The van der Waals surface area contributed by atoms with E-state index >= 15 is 0 Å². The zero-order chi connectivity index (χ0) is 14.7. The zero-order valence-electron chi connectivity index (χ0n) is 12.8. The van der Waals surface area contributed by atoms with Gasteiger partial charge >= 0.3 is 0 Å². The lowest BCUT2D eigenvalue weighted by molar-refractivity contribution is 0.0687. The largest absolute Gasteiger partial charge is 0.382 e. The van der Waals surface area contributed by atoms with E-state index in [1.54, 1.807) is 0 Å². The molecule has 1 fully saturated rings. The summed E-state index contributed by atoms with van der Waals surface area (Å²) < 4.78 is 0. The number of hydrogen-bond donors (Lipinski definition) is 2. The highest BCUT2D eigenvalue weighted by Gasteiger charge is 2.26. The van der Waals surface area contributed by atoms with E-state index in [1.807, 2.05) is 23.1 Å². The predicted octanol–water partition coefficient (Wildman–Crippen LogP) is 3.18. The first-order valence-electron chi connectivity index (χ1n) is 8.19. The van der Waals surface area contributed by atoms with E-state index in [0.29, 0.717) is 0 Å². The lowest BCUT2D eigenvalue weighted by Crippen LogP contribution is -2.39. The fourth-order valence-corrected chi connectivity index (χ4v) is 3.46. The van der Waals surface area contributed by atoms with Gasteiger partial charge in [0.05, 0.1) is 16.9 Å². The van der Waals surface area contributed by atoms with Crippen LogP contribution in [-0.2, 0) is 0 Å². The van der Waals surface area contributed by atoms with Crippen molar-refractivity contribution in [1.82, 2.24) is 4.90 Å². The fraction of sp³-hybridized carbons (Fsp3) is 0.588. The summed E-state index contributed by atoms with van der Waals surface area (Å²) in [6, 6.07) is 5.95. The molecule has 2 aliphatic heterocycles. The van der Waals surface area contributed by atoms with Crippen LogP contribution in [0.2, 0.25) is 0 Å². The van der Waals surface area contributed by atoms with E-state index in [-0.39, 0.29) is 5.91 Å². The average molecular weight is 287 g/mol. The Bertz CT molecular complexity index is 507. The summed E-state index contributed by atoms with van der Waals surface area (Å²) >= 11 is 0. The van der Waals surface area contributed by atoms with Crippen LogP contribution in [0.3, 0.4) is 0 Å². The fourth-order valence-electron chi connectivity index (χ4n) is 3.46. The molecule has 0 aliphatic carbocycles. The Hall–Kier alpha value is -1.71. The number of amides is 1. The molecule has 0 saturated carbocycles. The van der Waals surface area contributed by atoms with E-state index in [2.05, 4.69) is 17.6 Å². The minimum Gasteiger partial charge on any atom is -0.382 e. The van der Waals surface area contributed by atoms with Gasteiger partial charge in [0.25, 0.3) is 5.91 Å². The van der Waals surface area contributed by atoms with Crippen LogP contribution in [0.1, 0.15) is 43.0 Å². The van der Waals surface area contributed by atoms with Gasteiger partial charge in [0.2, 0.25) is 0 Å². The van der Waals surface area contributed by atoms with Crippen molar-refractivity contribution in [1.29, 1.82) is 0 Å². The molecule has 2 N–H and O–H groups in total. The van der Waals surface area contributed by atoms with Crippen LogP contribution < -0.4 is 10.6 Å². The topological polar surface area (TPSA) is 44.4 Å². The maximum Gasteiger partial charge on any atom is 0.256 e. The number of piperidine rings is 1. The van der Waals surface area contributed by atoms with Gasteiger partial charge in [0.15, 0.2) is 0 Å². The van der Waals surface area contributed by atoms with Gasteiger partial charge in [0.1, 0.15) is 0 Å². The predicted molar refractivity (Wildman–Crippen MR) is 87.0 cm³/mol. The first kappa shape index (κ1) is 14.2. The summed E-state index contributed by atoms with van der Waals surface area (Å²) in [7, 11) is 0. The maximum atomic E-state index is 12.8. The number of anilines is 2. The second kappa shape index (κ2) is 6.37. The molecule has 0 aromatic heterocycles. The number of likely N-dealkylation sites (tertiary alicyclic amines) is 1. The molecule has 0 spiro atoms. The minimum atomic E-state index is 0.179.